The van der Waals surface area contributed by atoms with Crippen molar-refractivity contribution in [2.24, 2.45) is 0 Å². The normalized spacial score (nSPS) is 12.5. The van der Waals surface area contributed by atoms with Gasteiger partial charge in [-0.2, -0.15) is 5.10 Å². The average Bonchev–Trinajstić information content (AvgIpc) is 3.11. The SMILES string of the molecule is Cc1c(-c2ccc(Cl)cc2)nnn1C[C@@H](O)Cn1cccn1. The lowest BCUT2D eigenvalue weighted by Gasteiger charge is -2.11. The van der Waals surface area contributed by atoms with Crippen molar-refractivity contribution in [1.29, 1.82) is 0 Å². The highest BCUT2D eigenvalue weighted by Gasteiger charge is 2.14. The van der Waals surface area contributed by atoms with Crippen LogP contribution in [0, 0.1) is 6.92 Å². The average molecular weight is 318 g/mol. The second kappa shape index (κ2) is 6.29. The van der Waals surface area contributed by atoms with Crippen molar-refractivity contribution >= 4 is 11.6 Å². The molecule has 0 bridgehead atoms. The molecule has 2 aromatic heterocycles. The van der Waals surface area contributed by atoms with Gasteiger partial charge in [-0.3, -0.25) is 4.68 Å². The molecule has 1 N–H and O–H groups in total. The predicted molar refractivity (Wildman–Crippen MR) is 83.4 cm³/mol. The molecule has 1 atom stereocenters. The molecule has 1 aromatic carbocycles. The Bertz CT molecular complexity index is 736. The zero-order valence-electron chi connectivity index (χ0n) is 12.1. The molecule has 6 nitrogen and oxygen atoms in total. The maximum Gasteiger partial charge on any atom is 0.115 e. The van der Waals surface area contributed by atoms with Crippen molar-refractivity contribution in [3.05, 3.63) is 53.4 Å². The molecule has 0 aliphatic carbocycles. The quantitative estimate of drug-likeness (QED) is 0.783. The van der Waals surface area contributed by atoms with Crippen LogP contribution >= 0.6 is 11.6 Å². The Balaban J connectivity index is 1.74. The first-order valence-corrected chi connectivity index (χ1v) is 7.33. The van der Waals surface area contributed by atoms with Gasteiger partial charge in [0.25, 0.3) is 0 Å². The Morgan fingerprint density at radius 1 is 1.23 bits per heavy atom. The van der Waals surface area contributed by atoms with Crippen LogP contribution in [0.3, 0.4) is 0 Å². The zero-order chi connectivity index (χ0) is 15.5. The molecular formula is C15H16ClN5O. The summed E-state index contributed by atoms with van der Waals surface area (Å²) in [6.07, 6.45) is 2.92. The standard InChI is InChI=1S/C15H16ClN5O/c1-11-15(12-3-5-13(16)6-4-12)18-19-21(11)10-14(22)9-20-8-2-7-17-20/h2-8,14,22H,9-10H2,1H3/t14-/m0/s1. The van der Waals surface area contributed by atoms with Crippen molar-refractivity contribution in [3.63, 3.8) is 0 Å². The summed E-state index contributed by atoms with van der Waals surface area (Å²) >= 11 is 5.90. The molecule has 7 heteroatoms. The van der Waals surface area contributed by atoms with Crippen LogP contribution in [0.4, 0.5) is 0 Å². The number of aromatic nitrogens is 5. The Kier molecular flexibility index (Phi) is 4.22. The van der Waals surface area contributed by atoms with Crippen molar-refractivity contribution in [2.75, 3.05) is 0 Å². The summed E-state index contributed by atoms with van der Waals surface area (Å²) in [6.45, 7) is 2.72. The molecule has 0 saturated heterocycles. The van der Waals surface area contributed by atoms with E-state index in [4.69, 9.17) is 11.6 Å². The summed E-state index contributed by atoms with van der Waals surface area (Å²) in [5.74, 6) is 0. The van der Waals surface area contributed by atoms with E-state index in [0.29, 0.717) is 18.1 Å². The molecule has 0 aliphatic rings. The fourth-order valence-electron chi connectivity index (χ4n) is 2.29. The van der Waals surface area contributed by atoms with E-state index in [0.717, 1.165) is 17.0 Å². The summed E-state index contributed by atoms with van der Waals surface area (Å²) in [5, 5.41) is 23.2. The molecule has 114 valence electrons. The highest BCUT2D eigenvalue weighted by atomic mass is 35.5. The Morgan fingerprint density at radius 3 is 2.68 bits per heavy atom. The molecule has 0 radical (unpaired) electrons. The van der Waals surface area contributed by atoms with Crippen LogP contribution in [0.1, 0.15) is 5.69 Å². The van der Waals surface area contributed by atoms with Crippen molar-refractivity contribution < 1.29 is 5.11 Å². The Labute approximate surface area is 133 Å². The second-order valence-corrected chi connectivity index (χ2v) is 5.53. The monoisotopic (exact) mass is 317 g/mol. The number of halogens is 1. The van der Waals surface area contributed by atoms with Gasteiger partial charge in [0, 0.05) is 23.0 Å². The smallest absolute Gasteiger partial charge is 0.115 e. The minimum absolute atomic E-state index is 0.367. The highest BCUT2D eigenvalue weighted by Crippen LogP contribution is 2.22. The zero-order valence-corrected chi connectivity index (χ0v) is 12.9. The van der Waals surface area contributed by atoms with Crippen LogP contribution in [0.5, 0.6) is 0 Å². The molecule has 0 spiro atoms. The molecule has 0 fully saturated rings. The number of aliphatic hydroxyl groups excluding tert-OH is 1. The topological polar surface area (TPSA) is 68.8 Å². The molecule has 2 heterocycles. The summed E-state index contributed by atoms with van der Waals surface area (Å²) in [4.78, 5) is 0. The number of hydrogen-bond acceptors (Lipinski definition) is 4. The fraction of sp³-hybridized carbons (Fsp3) is 0.267. The lowest BCUT2D eigenvalue weighted by molar-refractivity contribution is 0.124. The predicted octanol–water partition coefficient (Wildman–Crippen LogP) is 2.16. The van der Waals surface area contributed by atoms with Crippen LogP contribution in [-0.4, -0.2) is 36.0 Å². The number of benzene rings is 1. The van der Waals surface area contributed by atoms with Gasteiger partial charge >= 0.3 is 0 Å². The summed E-state index contributed by atoms with van der Waals surface area (Å²) in [5.41, 5.74) is 2.65. The third-order valence-electron chi connectivity index (χ3n) is 3.44. The first kappa shape index (κ1) is 14.7. The molecule has 0 unspecified atom stereocenters. The molecule has 0 aliphatic heterocycles. The molecular weight excluding hydrogens is 302 g/mol. The van der Waals surface area contributed by atoms with Crippen LogP contribution in [0.25, 0.3) is 11.3 Å². The van der Waals surface area contributed by atoms with Gasteiger partial charge in [0.05, 0.1) is 24.9 Å². The summed E-state index contributed by atoms with van der Waals surface area (Å²) in [7, 11) is 0. The van der Waals surface area contributed by atoms with Gasteiger partial charge in [-0.1, -0.05) is 28.9 Å². The molecule has 3 rings (SSSR count). The van der Waals surface area contributed by atoms with Gasteiger partial charge in [0.2, 0.25) is 0 Å². The lowest BCUT2D eigenvalue weighted by atomic mass is 10.1. The first-order valence-electron chi connectivity index (χ1n) is 6.95. The number of hydrogen-bond donors (Lipinski definition) is 1. The second-order valence-electron chi connectivity index (χ2n) is 5.09. The minimum Gasteiger partial charge on any atom is -0.389 e. The van der Waals surface area contributed by atoms with Crippen LogP contribution in [0.15, 0.2) is 42.7 Å². The van der Waals surface area contributed by atoms with Crippen LogP contribution < -0.4 is 0 Å². The van der Waals surface area contributed by atoms with Gasteiger partial charge in [0.15, 0.2) is 0 Å². The first-order chi connectivity index (χ1) is 10.6. The van der Waals surface area contributed by atoms with Crippen molar-refractivity contribution in [2.45, 2.75) is 26.1 Å². The number of nitrogens with zero attached hydrogens (tertiary/aromatic N) is 5. The van der Waals surface area contributed by atoms with E-state index in [1.54, 1.807) is 15.6 Å². The van der Waals surface area contributed by atoms with Gasteiger partial charge in [-0.15, -0.1) is 5.10 Å². The molecule has 0 amide bonds. The largest absolute Gasteiger partial charge is 0.389 e. The van der Waals surface area contributed by atoms with Crippen molar-refractivity contribution in [3.8, 4) is 11.3 Å². The number of rotatable bonds is 5. The molecule has 0 saturated carbocycles. The van der Waals surface area contributed by atoms with Gasteiger partial charge in [-0.25, -0.2) is 4.68 Å². The van der Waals surface area contributed by atoms with E-state index in [9.17, 15) is 5.11 Å². The number of aliphatic hydroxyl groups is 1. The Morgan fingerprint density at radius 2 is 2.00 bits per heavy atom. The van der Waals surface area contributed by atoms with Gasteiger partial charge in [-0.05, 0) is 25.1 Å². The van der Waals surface area contributed by atoms with Crippen molar-refractivity contribution in [1.82, 2.24) is 24.8 Å². The maximum absolute atomic E-state index is 10.1. The minimum atomic E-state index is -0.585. The molecule has 22 heavy (non-hydrogen) atoms. The van der Waals surface area contributed by atoms with E-state index in [-0.39, 0.29) is 0 Å². The third-order valence-corrected chi connectivity index (χ3v) is 3.69. The summed E-state index contributed by atoms with van der Waals surface area (Å²) in [6, 6.07) is 9.28. The van der Waals surface area contributed by atoms with Gasteiger partial charge < -0.3 is 5.11 Å². The third kappa shape index (κ3) is 3.18. The fourth-order valence-corrected chi connectivity index (χ4v) is 2.42. The highest BCUT2D eigenvalue weighted by molar-refractivity contribution is 6.30. The van der Waals surface area contributed by atoms with E-state index in [2.05, 4.69) is 15.4 Å². The van der Waals surface area contributed by atoms with Crippen LogP contribution in [-0.2, 0) is 13.1 Å². The molecule has 3 aromatic rings. The van der Waals surface area contributed by atoms with E-state index >= 15 is 0 Å². The van der Waals surface area contributed by atoms with E-state index < -0.39 is 6.10 Å². The lowest BCUT2D eigenvalue weighted by Crippen LogP contribution is -2.23. The van der Waals surface area contributed by atoms with Gasteiger partial charge in [0.1, 0.15) is 5.69 Å². The van der Waals surface area contributed by atoms with E-state index in [1.807, 2.05) is 43.5 Å². The Hall–Kier alpha value is -2.18. The van der Waals surface area contributed by atoms with Crippen LogP contribution in [0.2, 0.25) is 5.02 Å². The summed E-state index contributed by atoms with van der Waals surface area (Å²) < 4.78 is 3.40. The van der Waals surface area contributed by atoms with E-state index in [1.165, 1.54) is 0 Å². The maximum atomic E-state index is 10.1.